The molecule has 1 aromatic rings. The van der Waals surface area contributed by atoms with E-state index in [1.807, 2.05) is 16.8 Å². The summed E-state index contributed by atoms with van der Waals surface area (Å²) in [5, 5.41) is 6.93. The van der Waals surface area contributed by atoms with Gasteiger partial charge in [-0.15, -0.1) is 0 Å². The molecular formula is C9H16NO3PS. The third kappa shape index (κ3) is 4.34. The molecule has 1 rings (SSSR count). The van der Waals surface area contributed by atoms with Crippen molar-refractivity contribution in [3.63, 3.8) is 0 Å². The highest BCUT2D eigenvalue weighted by molar-refractivity contribution is 7.53. The number of anilines is 1. The van der Waals surface area contributed by atoms with Gasteiger partial charge < -0.3 is 14.4 Å². The number of thiophene rings is 1. The molecule has 1 aromatic heterocycles. The second-order valence-electron chi connectivity index (χ2n) is 2.79. The molecule has 0 aliphatic rings. The number of hydrogen-bond donors (Lipinski definition) is 1. The summed E-state index contributed by atoms with van der Waals surface area (Å²) in [6.45, 7) is 4.39. The molecule has 1 N–H and O–H groups in total. The van der Waals surface area contributed by atoms with E-state index in [9.17, 15) is 4.57 Å². The van der Waals surface area contributed by atoms with Gasteiger partial charge in [0.25, 0.3) is 0 Å². The minimum atomic E-state index is -2.97. The fourth-order valence-corrected chi connectivity index (χ4v) is 3.11. The first-order chi connectivity index (χ1) is 7.20. The average Bonchev–Trinajstić information content (AvgIpc) is 2.68. The van der Waals surface area contributed by atoms with Crippen LogP contribution in [0.4, 0.5) is 5.69 Å². The maximum atomic E-state index is 12.0. The lowest BCUT2D eigenvalue weighted by molar-refractivity contribution is 0.221. The van der Waals surface area contributed by atoms with Gasteiger partial charge in [-0.25, -0.2) is 0 Å². The number of rotatable bonds is 7. The highest BCUT2D eigenvalue weighted by Crippen LogP contribution is 2.47. The van der Waals surface area contributed by atoms with Crippen LogP contribution in [0.5, 0.6) is 0 Å². The lowest BCUT2D eigenvalue weighted by Crippen LogP contribution is -2.07. The molecule has 86 valence electrons. The van der Waals surface area contributed by atoms with Gasteiger partial charge in [-0.2, -0.15) is 11.3 Å². The van der Waals surface area contributed by atoms with E-state index in [1.54, 1.807) is 25.2 Å². The summed E-state index contributed by atoms with van der Waals surface area (Å²) < 4.78 is 22.3. The molecule has 0 spiro atoms. The van der Waals surface area contributed by atoms with Crippen LogP contribution in [-0.2, 0) is 13.6 Å². The molecule has 0 saturated carbocycles. The quantitative estimate of drug-likeness (QED) is 0.752. The van der Waals surface area contributed by atoms with E-state index >= 15 is 0 Å². The molecule has 0 bridgehead atoms. The zero-order valence-electron chi connectivity index (χ0n) is 8.93. The van der Waals surface area contributed by atoms with Crippen LogP contribution in [0.2, 0.25) is 0 Å². The molecule has 1 heterocycles. The van der Waals surface area contributed by atoms with Gasteiger partial charge >= 0.3 is 7.60 Å². The molecule has 0 fully saturated rings. The summed E-state index contributed by atoms with van der Waals surface area (Å²) in [7, 11) is -2.97. The first-order valence-corrected chi connectivity index (χ1v) is 7.51. The highest BCUT2D eigenvalue weighted by atomic mass is 32.1. The molecule has 0 unspecified atom stereocenters. The highest BCUT2D eigenvalue weighted by Gasteiger charge is 2.22. The largest absolute Gasteiger partial charge is 0.373 e. The van der Waals surface area contributed by atoms with Crippen LogP contribution in [0.1, 0.15) is 13.8 Å². The minimum Gasteiger partial charge on any atom is -0.373 e. The fourth-order valence-electron chi connectivity index (χ4n) is 1.08. The third-order valence-corrected chi connectivity index (χ3v) is 4.18. The Labute approximate surface area is 94.1 Å². The lowest BCUT2D eigenvalue weighted by Gasteiger charge is -2.17. The van der Waals surface area contributed by atoms with Crippen molar-refractivity contribution in [3.05, 3.63) is 16.8 Å². The summed E-state index contributed by atoms with van der Waals surface area (Å²) in [6.07, 6.45) is 0.214. The number of hydrogen-bond acceptors (Lipinski definition) is 5. The van der Waals surface area contributed by atoms with Crippen molar-refractivity contribution < 1.29 is 13.6 Å². The van der Waals surface area contributed by atoms with Crippen LogP contribution in [-0.4, -0.2) is 19.5 Å². The molecule has 4 nitrogen and oxygen atoms in total. The summed E-state index contributed by atoms with van der Waals surface area (Å²) in [4.78, 5) is 0. The topological polar surface area (TPSA) is 47.6 Å². The fraction of sp³-hybridized carbons (Fsp3) is 0.556. The van der Waals surface area contributed by atoms with E-state index in [1.165, 1.54) is 0 Å². The van der Waals surface area contributed by atoms with Gasteiger partial charge in [0.05, 0.1) is 13.2 Å². The van der Waals surface area contributed by atoms with Crippen LogP contribution < -0.4 is 5.32 Å². The van der Waals surface area contributed by atoms with Gasteiger partial charge in [-0.3, -0.25) is 4.57 Å². The normalized spacial score (nSPS) is 11.6. The zero-order valence-corrected chi connectivity index (χ0v) is 10.6. The summed E-state index contributed by atoms with van der Waals surface area (Å²) in [5.74, 6) is 0. The van der Waals surface area contributed by atoms with E-state index in [0.717, 1.165) is 5.69 Å². The summed E-state index contributed by atoms with van der Waals surface area (Å²) in [6, 6.07) is 1.92. The van der Waals surface area contributed by atoms with E-state index in [4.69, 9.17) is 9.05 Å². The predicted octanol–water partition coefficient (Wildman–Crippen LogP) is 3.38. The SMILES string of the molecule is CCOP(=O)(CNc1ccsc1)OCC. The zero-order chi connectivity index (χ0) is 11.1. The average molecular weight is 249 g/mol. The molecule has 0 amide bonds. The molecule has 0 saturated heterocycles. The smallest absolute Gasteiger partial charge is 0.349 e. The van der Waals surface area contributed by atoms with Gasteiger partial charge in [0.2, 0.25) is 0 Å². The minimum absolute atomic E-state index is 0.214. The Kier molecular flexibility index (Phi) is 5.32. The molecule has 6 heteroatoms. The maximum absolute atomic E-state index is 12.0. The number of nitrogens with one attached hydrogen (secondary N) is 1. The lowest BCUT2D eigenvalue weighted by atomic mass is 10.5. The molecule has 0 radical (unpaired) electrons. The van der Waals surface area contributed by atoms with Gasteiger partial charge in [0.1, 0.15) is 6.29 Å². The predicted molar refractivity (Wildman–Crippen MR) is 63.7 cm³/mol. The Morgan fingerprint density at radius 2 is 2.07 bits per heavy atom. The van der Waals surface area contributed by atoms with Crippen molar-refractivity contribution in [2.45, 2.75) is 13.8 Å². The molecular weight excluding hydrogens is 233 g/mol. The standard InChI is InChI=1S/C9H16NO3PS/c1-3-12-14(11,13-4-2)8-10-9-5-6-15-7-9/h5-7,10H,3-4,8H2,1-2H3. The van der Waals surface area contributed by atoms with E-state index in [0.29, 0.717) is 13.2 Å². The van der Waals surface area contributed by atoms with Crippen molar-refractivity contribution in [1.29, 1.82) is 0 Å². The van der Waals surface area contributed by atoms with Gasteiger partial charge in [-0.1, -0.05) is 0 Å². The Morgan fingerprint density at radius 3 is 2.53 bits per heavy atom. The third-order valence-electron chi connectivity index (χ3n) is 1.65. The first kappa shape index (κ1) is 12.7. The Morgan fingerprint density at radius 1 is 1.40 bits per heavy atom. The van der Waals surface area contributed by atoms with Crippen LogP contribution in [0.25, 0.3) is 0 Å². The van der Waals surface area contributed by atoms with Crippen molar-refractivity contribution in [2.24, 2.45) is 0 Å². The first-order valence-electron chi connectivity index (χ1n) is 4.84. The second kappa shape index (κ2) is 6.28. The van der Waals surface area contributed by atoms with E-state index in [2.05, 4.69) is 5.32 Å². The molecule has 0 aliphatic heterocycles. The van der Waals surface area contributed by atoms with Gasteiger partial charge in [0, 0.05) is 11.1 Å². The monoisotopic (exact) mass is 249 g/mol. The van der Waals surface area contributed by atoms with Crippen molar-refractivity contribution in [3.8, 4) is 0 Å². The van der Waals surface area contributed by atoms with Crippen LogP contribution in [0.15, 0.2) is 16.8 Å². The van der Waals surface area contributed by atoms with Crippen molar-refractivity contribution in [1.82, 2.24) is 0 Å². The Bertz CT molecular complexity index is 305. The molecule has 0 aromatic carbocycles. The summed E-state index contributed by atoms with van der Waals surface area (Å²) in [5.41, 5.74) is 0.944. The maximum Gasteiger partial charge on any atom is 0.349 e. The summed E-state index contributed by atoms with van der Waals surface area (Å²) >= 11 is 1.58. The van der Waals surface area contributed by atoms with E-state index < -0.39 is 7.60 Å². The molecule has 15 heavy (non-hydrogen) atoms. The Hall–Kier alpha value is -0.350. The second-order valence-corrected chi connectivity index (χ2v) is 5.63. The molecule has 0 atom stereocenters. The van der Waals surface area contributed by atoms with Crippen molar-refractivity contribution in [2.75, 3.05) is 24.8 Å². The van der Waals surface area contributed by atoms with Gasteiger partial charge in [-0.05, 0) is 25.3 Å². The van der Waals surface area contributed by atoms with E-state index in [-0.39, 0.29) is 6.29 Å². The van der Waals surface area contributed by atoms with Crippen LogP contribution in [0, 0.1) is 0 Å². The van der Waals surface area contributed by atoms with Crippen LogP contribution >= 0.6 is 18.9 Å². The van der Waals surface area contributed by atoms with Crippen molar-refractivity contribution >= 4 is 24.6 Å². The van der Waals surface area contributed by atoms with Gasteiger partial charge in [0.15, 0.2) is 0 Å². The Balaban J connectivity index is 2.48. The molecule has 0 aliphatic carbocycles. The van der Waals surface area contributed by atoms with Crippen LogP contribution in [0.3, 0.4) is 0 Å².